The summed E-state index contributed by atoms with van der Waals surface area (Å²) in [5.41, 5.74) is 7.15. The molecule has 3 rings (SSSR count). The van der Waals surface area contributed by atoms with E-state index < -0.39 is 0 Å². The van der Waals surface area contributed by atoms with Crippen LogP contribution in [0.5, 0.6) is 11.5 Å². The van der Waals surface area contributed by atoms with Gasteiger partial charge in [0.15, 0.2) is 11.5 Å². The van der Waals surface area contributed by atoms with Crippen molar-refractivity contribution in [3.8, 4) is 11.5 Å². The van der Waals surface area contributed by atoms with Gasteiger partial charge in [0.2, 0.25) is 0 Å². The minimum Gasteiger partial charge on any atom is -0.493 e. The van der Waals surface area contributed by atoms with Gasteiger partial charge in [-0.25, -0.2) is 0 Å². The average Bonchev–Trinajstić information content (AvgIpc) is 3.16. The van der Waals surface area contributed by atoms with Crippen molar-refractivity contribution in [3.05, 3.63) is 23.8 Å². The Labute approximate surface area is 137 Å². The molecule has 3 atom stereocenters. The summed E-state index contributed by atoms with van der Waals surface area (Å²) < 4.78 is 11.7. The van der Waals surface area contributed by atoms with Crippen LogP contribution in [0.15, 0.2) is 18.2 Å². The number of rotatable bonds is 5. The molecule has 0 aliphatic carbocycles. The number of nitrogens with two attached hydrogens (primary N) is 1. The van der Waals surface area contributed by atoms with E-state index >= 15 is 0 Å². The molecular formula is C17H26N2O2S. The van der Waals surface area contributed by atoms with E-state index in [1.807, 2.05) is 17.8 Å². The zero-order valence-electron chi connectivity index (χ0n) is 13.5. The Morgan fingerprint density at radius 2 is 2.23 bits per heavy atom. The van der Waals surface area contributed by atoms with E-state index in [4.69, 9.17) is 15.2 Å². The molecule has 2 aliphatic rings. The number of methoxy groups -OCH3 is 1. The summed E-state index contributed by atoms with van der Waals surface area (Å²) in [4.78, 5) is 2.40. The molecule has 5 heteroatoms. The molecule has 22 heavy (non-hydrogen) atoms. The third-order valence-corrected chi connectivity index (χ3v) is 5.85. The quantitative estimate of drug-likeness (QED) is 0.903. The average molecular weight is 322 g/mol. The largest absolute Gasteiger partial charge is 0.493 e. The Morgan fingerprint density at radius 1 is 1.36 bits per heavy atom. The van der Waals surface area contributed by atoms with Crippen molar-refractivity contribution in [1.82, 2.24) is 4.90 Å². The molecule has 3 unspecified atom stereocenters. The number of nitrogens with zero attached hydrogens (tertiary/aromatic N) is 1. The van der Waals surface area contributed by atoms with Crippen LogP contribution in [-0.4, -0.2) is 49.8 Å². The van der Waals surface area contributed by atoms with Crippen LogP contribution in [0.2, 0.25) is 0 Å². The monoisotopic (exact) mass is 322 g/mol. The minimum atomic E-state index is 0.312. The first-order valence-electron chi connectivity index (χ1n) is 8.04. The predicted octanol–water partition coefficient (Wildman–Crippen LogP) is 2.53. The Balaban J connectivity index is 1.80. The van der Waals surface area contributed by atoms with Gasteiger partial charge in [-0.2, -0.15) is 11.8 Å². The third-order valence-electron chi connectivity index (χ3n) is 4.72. The van der Waals surface area contributed by atoms with Gasteiger partial charge in [0.25, 0.3) is 0 Å². The summed E-state index contributed by atoms with van der Waals surface area (Å²) in [6, 6.07) is 6.80. The van der Waals surface area contributed by atoms with Gasteiger partial charge in [-0.1, -0.05) is 6.07 Å². The second-order valence-electron chi connectivity index (χ2n) is 6.31. The fourth-order valence-electron chi connectivity index (χ4n) is 3.44. The van der Waals surface area contributed by atoms with Gasteiger partial charge in [0.1, 0.15) is 6.10 Å². The lowest BCUT2D eigenvalue weighted by Gasteiger charge is -2.22. The maximum absolute atomic E-state index is 6.20. The van der Waals surface area contributed by atoms with Crippen LogP contribution in [0.1, 0.15) is 24.4 Å². The van der Waals surface area contributed by atoms with Crippen LogP contribution in [0.25, 0.3) is 0 Å². The van der Waals surface area contributed by atoms with E-state index in [-0.39, 0.29) is 0 Å². The molecule has 1 aromatic rings. The molecule has 0 spiro atoms. The smallest absolute Gasteiger partial charge is 0.161 e. The van der Waals surface area contributed by atoms with E-state index in [1.54, 1.807) is 7.11 Å². The van der Waals surface area contributed by atoms with Gasteiger partial charge in [0, 0.05) is 18.3 Å². The Hall–Kier alpha value is -0.910. The van der Waals surface area contributed by atoms with E-state index in [9.17, 15) is 0 Å². The zero-order valence-corrected chi connectivity index (χ0v) is 14.3. The van der Waals surface area contributed by atoms with E-state index in [0.717, 1.165) is 43.2 Å². The van der Waals surface area contributed by atoms with Crippen molar-refractivity contribution in [2.24, 2.45) is 11.7 Å². The molecule has 122 valence electrons. The molecule has 2 saturated heterocycles. The standard InChI is InChI=1S/C17H26N2O2S/c1-19-10-12(9-18)7-15(19)13-3-4-16(20-2)17(8-13)21-14-5-6-22-11-14/h3-4,8,12,14-15H,5-7,9-11,18H2,1-2H3. The summed E-state index contributed by atoms with van der Waals surface area (Å²) in [7, 11) is 3.89. The van der Waals surface area contributed by atoms with Crippen molar-refractivity contribution in [2.75, 3.05) is 38.8 Å². The number of benzene rings is 1. The second-order valence-corrected chi connectivity index (χ2v) is 7.46. The lowest BCUT2D eigenvalue weighted by atomic mass is 9.99. The number of hydrogen-bond acceptors (Lipinski definition) is 5. The molecule has 2 fully saturated rings. The number of thioether (sulfide) groups is 1. The molecule has 0 amide bonds. The molecule has 2 heterocycles. The topological polar surface area (TPSA) is 47.7 Å². The highest BCUT2D eigenvalue weighted by molar-refractivity contribution is 7.99. The van der Waals surface area contributed by atoms with Crippen LogP contribution in [0.4, 0.5) is 0 Å². The van der Waals surface area contributed by atoms with Gasteiger partial charge in [0.05, 0.1) is 7.11 Å². The predicted molar refractivity (Wildman–Crippen MR) is 91.9 cm³/mol. The maximum Gasteiger partial charge on any atom is 0.161 e. The van der Waals surface area contributed by atoms with E-state index in [2.05, 4.69) is 24.1 Å². The van der Waals surface area contributed by atoms with Gasteiger partial charge in [-0.3, -0.25) is 4.90 Å². The van der Waals surface area contributed by atoms with Crippen LogP contribution < -0.4 is 15.2 Å². The van der Waals surface area contributed by atoms with E-state index in [1.165, 1.54) is 11.3 Å². The third kappa shape index (κ3) is 3.36. The molecule has 0 bridgehead atoms. The molecule has 1 aromatic carbocycles. The van der Waals surface area contributed by atoms with Crippen LogP contribution >= 0.6 is 11.8 Å². The van der Waals surface area contributed by atoms with Gasteiger partial charge >= 0.3 is 0 Å². The van der Waals surface area contributed by atoms with Crippen LogP contribution in [0.3, 0.4) is 0 Å². The molecule has 0 saturated carbocycles. The fraction of sp³-hybridized carbons (Fsp3) is 0.647. The zero-order chi connectivity index (χ0) is 15.5. The summed E-state index contributed by atoms with van der Waals surface area (Å²) in [6.45, 7) is 1.84. The molecular weight excluding hydrogens is 296 g/mol. The first kappa shape index (κ1) is 16.0. The van der Waals surface area contributed by atoms with Crippen LogP contribution in [0, 0.1) is 5.92 Å². The van der Waals surface area contributed by atoms with Gasteiger partial charge in [-0.15, -0.1) is 0 Å². The SMILES string of the molecule is COc1ccc(C2CC(CN)CN2C)cc1OC1CCSC1. The summed E-state index contributed by atoms with van der Waals surface area (Å²) in [5, 5.41) is 0. The number of likely N-dealkylation sites (tertiary alicyclic amines) is 1. The molecule has 4 nitrogen and oxygen atoms in total. The molecule has 0 radical (unpaired) electrons. The van der Waals surface area contributed by atoms with Crippen LogP contribution in [-0.2, 0) is 0 Å². The van der Waals surface area contributed by atoms with Gasteiger partial charge < -0.3 is 15.2 Å². The number of ether oxygens (including phenoxy) is 2. The highest BCUT2D eigenvalue weighted by Gasteiger charge is 2.30. The van der Waals surface area contributed by atoms with Crippen molar-refractivity contribution in [3.63, 3.8) is 0 Å². The minimum absolute atomic E-state index is 0.312. The summed E-state index contributed by atoms with van der Waals surface area (Å²) >= 11 is 1.96. The molecule has 0 aromatic heterocycles. The van der Waals surface area contributed by atoms with Gasteiger partial charge in [-0.05, 0) is 55.8 Å². The maximum atomic E-state index is 6.20. The van der Waals surface area contributed by atoms with Crippen molar-refractivity contribution in [2.45, 2.75) is 25.0 Å². The second kappa shape index (κ2) is 7.11. The first-order chi connectivity index (χ1) is 10.7. The van der Waals surface area contributed by atoms with Crippen molar-refractivity contribution in [1.29, 1.82) is 0 Å². The lowest BCUT2D eigenvalue weighted by molar-refractivity contribution is 0.217. The normalized spacial score (nSPS) is 29.0. The Bertz CT molecular complexity index is 505. The molecule has 2 N–H and O–H groups in total. The summed E-state index contributed by atoms with van der Waals surface area (Å²) in [6.07, 6.45) is 2.56. The van der Waals surface area contributed by atoms with Crippen molar-refractivity contribution < 1.29 is 9.47 Å². The fourth-order valence-corrected chi connectivity index (χ4v) is 4.54. The highest BCUT2D eigenvalue weighted by Crippen LogP contribution is 2.38. The summed E-state index contributed by atoms with van der Waals surface area (Å²) in [5.74, 6) is 4.57. The number of hydrogen-bond donors (Lipinski definition) is 1. The highest BCUT2D eigenvalue weighted by atomic mass is 32.2. The van der Waals surface area contributed by atoms with E-state index in [0.29, 0.717) is 18.1 Å². The molecule has 2 aliphatic heterocycles. The van der Waals surface area contributed by atoms with Crippen molar-refractivity contribution >= 4 is 11.8 Å². The Morgan fingerprint density at radius 3 is 2.86 bits per heavy atom. The Kier molecular flexibility index (Phi) is 5.16. The first-order valence-corrected chi connectivity index (χ1v) is 9.19. The lowest BCUT2D eigenvalue weighted by Crippen LogP contribution is -2.21.